The Kier molecular flexibility index (Phi) is 3.43. The van der Waals surface area contributed by atoms with Gasteiger partial charge in [0.15, 0.2) is 0 Å². The highest BCUT2D eigenvalue weighted by atomic mass is 16.7. The Morgan fingerprint density at radius 2 is 1.75 bits per heavy atom. The molecule has 4 rings (SSSR count). The van der Waals surface area contributed by atoms with Gasteiger partial charge in [-0.3, -0.25) is 9.59 Å². The SMILES string of the molecule is C[C@H]1C(=O)O[C@@H]2OC(=O)[C@H]3CCC([C@@]4(C)CCCC(C)(C)C4)=C1[C@@H]23. The molecule has 2 heterocycles. The van der Waals surface area contributed by atoms with Gasteiger partial charge in [-0.05, 0) is 55.4 Å². The molecule has 5 atom stereocenters. The molecule has 0 N–H and O–H groups in total. The Bertz CT molecular complexity index is 632. The van der Waals surface area contributed by atoms with Gasteiger partial charge in [-0.15, -0.1) is 0 Å². The van der Waals surface area contributed by atoms with E-state index in [9.17, 15) is 9.59 Å². The maximum Gasteiger partial charge on any atom is 0.315 e. The minimum Gasteiger partial charge on any atom is -0.424 e. The molecule has 0 aromatic heterocycles. The first-order valence-corrected chi connectivity index (χ1v) is 9.36. The Morgan fingerprint density at radius 1 is 1.04 bits per heavy atom. The molecule has 4 nitrogen and oxygen atoms in total. The Balaban J connectivity index is 1.81. The van der Waals surface area contributed by atoms with Crippen LogP contribution in [0.4, 0.5) is 0 Å². The summed E-state index contributed by atoms with van der Waals surface area (Å²) in [6.45, 7) is 9.02. The maximum atomic E-state index is 12.4. The fraction of sp³-hybridized carbons (Fsp3) is 0.800. The second kappa shape index (κ2) is 5.09. The van der Waals surface area contributed by atoms with Crippen molar-refractivity contribution in [2.75, 3.05) is 0 Å². The van der Waals surface area contributed by atoms with Crippen molar-refractivity contribution in [1.29, 1.82) is 0 Å². The second-order valence-electron chi connectivity index (χ2n) is 9.32. The highest BCUT2D eigenvalue weighted by molar-refractivity contribution is 5.82. The van der Waals surface area contributed by atoms with Crippen molar-refractivity contribution in [3.8, 4) is 0 Å². The molecule has 0 spiro atoms. The molecule has 0 amide bonds. The zero-order valence-electron chi connectivity index (χ0n) is 15.2. The lowest BCUT2D eigenvalue weighted by molar-refractivity contribution is -0.188. The molecule has 4 heteroatoms. The highest BCUT2D eigenvalue weighted by Crippen LogP contribution is 2.58. The third-order valence-corrected chi connectivity index (χ3v) is 6.91. The van der Waals surface area contributed by atoms with E-state index in [0.29, 0.717) is 5.41 Å². The summed E-state index contributed by atoms with van der Waals surface area (Å²) < 4.78 is 10.8. The van der Waals surface area contributed by atoms with Gasteiger partial charge in [0.25, 0.3) is 6.29 Å². The summed E-state index contributed by atoms with van der Waals surface area (Å²) in [5, 5.41) is 0. The Labute approximate surface area is 144 Å². The number of rotatable bonds is 1. The van der Waals surface area contributed by atoms with E-state index in [4.69, 9.17) is 9.47 Å². The average Bonchev–Trinajstić information content (AvgIpc) is 2.80. The lowest BCUT2D eigenvalue weighted by Gasteiger charge is -2.49. The van der Waals surface area contributed by atoms with Crippen molar-refractivity contribution in [2.45, 2.75) is 72.5 Å². The third-order valence-electron chi connectivity index (χ3n) is 6.91. The van der Waals surface area contributed by atoms with E-state index in [1.54, 1.807) is 0 Å². The Hall–Kier alpha value is -1.32. The number of ether oxygens (including phenoxy) is 2. The van der Waals surface area contributed by atoms with Gasteiger partial charge in [0.1, 0.15) is 0 Å². The van der Waals surface area contributed by atoms with Crippen molar-refractivity contribution in [3.63, 3.8) is 0 Å². The molecular formula is C20H28O4. The first kappa shape index (κ1) is 16.2. The van der Waals surface area contributed by atoms with Crippen LogP contribution in [0.3, 0.4) is 0 Å². The van der Waals surface area contributed by atoms with Crippen LogP contribution in [0.1, 0.15) is 66.2 Å². The second-order valence-corrected chi connectivity index (χ2v) is 9.32. The zero-order valence-corrected chi connectivity index (χ0v) is 15.2. The number of hydrogen-bond donors (Lipinski definition) is 0. The van der Waals surface area contributed by atoms with E-state index in [1.807, 2.05) is 6.92 Å². The van der Waals surface area contributed by atoms with Gasteiger partial charge >= 0.3 is 11.9 Å². The van der Waals surface area contributed by atoms with E-state index in [1.165, 1.54) is 30.4 Å². The van der Waals surface area contributed by atoms with E-state index in [-0.39, 0.29) is 35.1 Å². The highest BCUT2D eigenvalue weighted by Gasteiger charge is 2.57. The van der Waals surface area contributed by atoms with E-state index in [0.717, 1.165) is 19.3 Å². The predicted octanol–water partition coefficient (Wildman–Crippen LogP) is 3.99. The minimum absolute atomic E-state index is 0.0455. The molecule has 0 aromatic carbocycles. The summed E-state index contributed by atoms with van der Waals surface area (Å²) in [5.74, 6) is -0.837. The lowest BCUT2D eigenvalue weighted by Crippen LogP contribution is -2.44. The molecular weight excluding hydrogens is 304 g/mol. The van der Waals surface area contributed by atoms with Gasteiger partial charge in [-0.25, -0.2) is 0 Å². The van der Waals surface area contributed by atoms with E-state index >= 15 is 0 Å². The van der Waals surface area contributed by atoms with Crippen LogP contribution in [0, 0.1) is 28.6 Å². The van der Waals surface area contributed by atoms with Crippen LogP contribution >= 0.6 is 0 Å². The first-order chi connectivity index (χ1) is 11.2. The Morgan fingerprint density at radius 3 is 2.46 bits per heavy atom. The first-order valence-electron chi connectivity index (χ1n) is 9.36. The molecule has 3 fully saturated rings. The monoisotopic (exact) mass is 332 g/mol. The van der Waals surface area contributed by atoms with Crippen LogP contribution in [0.25, 0.3) is 0 Å². The average molecular weight is 332 g/mol. The maximum absolute atomic E-state index is 12.4. The summed E-state index contributed by atoms with van der Waals surface area (Å²) in [6.07, 6.45) is 5.88. The standard InChI is InChI=1S/C20H28O4/c1-11-14-13(20(4)9-5-8-19(2,3)10-20)7-6-12-15(14)18(23-16(11)21)24-17(12)22/h11-12,15,18H,5-10H2,1-4H3/t11-,12+,15+,18-,20+/m1/s1. The number of allylic oxidation sites excluding steroid dienone is 1. The summed E-state index contributed by atoms with van der Waals surface area (Å²) >= 11 is 0. The minimum atomic E-state index is -0.684. The summed E-state index contributed by atoms with van der Waals surface area (Å²) in [4.78, 5) is 24.6. The lowest BCUT2D eigenvalue weighted by atomic mass is 9.56. The van der Waals surface area contributed by atoms with Gasteiger partial charge < -0.3 is 9.47 Å². The molecule has 0 unspecified atom stereocenters. The summed E-state index contributed by atoms with van der Waals surface area (Å²) in [6, 6.07) is 0. The molecule has 1 saturated carbocycles. The molecule has 0 bridgehead atoms. The van der Waals surface area contributed by atoms with Gasteiger partial charge in [0.05, 0.1) is 17.8 Å². The molecule has 2 aliphatic carbocycles. The largest absolute Gasteiger partial charge is 0.424 e. The van der Waals surface area contributed by atoms with Crippen LogP contribution in [0.15, 0.2) is 11.1 Å². The van der Waals surface area contributed by atoms with Gasteiger partial charge in [0.2, 0.25) is 0 Å². The third kappa shape index (κ3) is 2.25. The molecule has 132 valence electrons. The topological polar surface area (TPSA) is 52.6 Å². The quantitative estimate of drug-likeness (QED) is 0.538. The van der Waals surface area contributed by atoms with Crippen molar-refractivity contribution < 1.29 is 19.1 Å². The van der Waals surface area contributed by atoms with Crippen LogP contribution < -0.4 is 0 Å². The van der Waals surface area contributed by atoms with E-state index in [2.05, 4.69) is 20.8 Å². The summed E-state index contributed by atoms with van der Waals surface area (Å²) in [5.41, 5.74) is 3.07. The van der Waals surface area contributed by atoms with Crippen LogP contribution in [-0.2, 0) is 19.1 Å². The normalized spacial score (nSPS) is 44.0. The molecule has 4 aliphatic rings. The van der Waals surface area contributed by atoms with Gasteiger partial charge in [-0.1, -0.05) is 32.8 Å². The smallest absolute Gasteiger partial charge is 0.315 e. The zero-order chi connectivity index (χ0) is 17.3. The van der Waals surface area contributed by atoms with Crippen LogP contribution in [0.5, 0.6) is 0 Å². The fourth-order valence-electron chi connectivity index (χ4n) is 6.01. The number of carbonyl (C=O) groups excluding carboxylic acids is 2. The summed E-state index contributed by atoms with van der Waals surface area (Å²) in [7, 11) is 0. The van der Waals surface area contributed by atoms with Crippen molar-refractivity contribution >= 4 is 11.9 Å². The molecule has 0 aromatic rings. The van der Waals surface area contributed by atoms with E-state index < -0.39 is 6.29 Å². The number of carbonyl (C=O) groups is 2. The van der Waals surface area contributed by atoms with Crippen LogP contribution in [-0.4, -0.2) is 18.2 Å². The molecule has 2 saturated heterocycles. The van der Waals surface area contributed by atoms with Crippen molar-refractivity contribution in [3.05, 3.63) is 11.1 Å². The van der Waals surface area contributed by atoms with Gasteiger partial charge in [0, 0.05) is 0 Å². The van der Waals surface area contributed by atoms with Crippen molar-refractivity contribution in [2.24, 2.45) is 28.6 Å². The van der Waals surface area contributed by atoms with Crippen molar-refractivity contribution in [1.82, 2.24) is 0 Å². The predicted molar refractivity (Wildman–Crippen MR) is 88.7 cm³/mol. The molecule has 0 radical (unpaired) electrons. The molecule has 2 aliphatic heterocycles. The van der Waals surface area contributed by atoms with Crippen LogP contribution in [0.2, 0.25) is 0 Å². The van der Waals surface area contributed by atoms with Gasteiger partial charge in [-0.2, -0.15) is 0 Å². The fourth-order valence-corrected chi connectivity index (χ4v) is 6.01. The molecule has 24 heavy (non-hydrogen) atoms. The number of hydrogen-bond acceptors (Lipinski definition) is 4. The number of esters is 2.